The fraction of sp³-hybridized carbons (Fsp3) is 0.900. The first-order valence-electron chi connectivity index (χ1n) is 5.01. The van der Waals surface area contributed by atoms with E-state index in [1.807, 2.05) is 6.92 Å². The Morgan fingerprint density at radius 3 is 3.00 bits per heavy atom. The second-order valence-electron chi connectivity index (χ2n) is 3.73. The van der Waals surface area contributed by atoms with Gasteiger partial charge in [0.15, 0.2) is 5.78 Å². The summed E-state index contributed by atoms with van der Waals surface area (Å²) in [6.45, 7) is 3.66. The third kappa shape index (κ3) is 3.08. The molecule has 0 saturated carbocycles. The lowest BCUT2D eigenvalue weighted by Gasteiger charge is -2.14. The molecule has 13 heavy (non-hydrogen) atoms. The van der Waals surface area contributed by atoms with E-state index >= 15 is 0 Å². The van der Waals surface area contributed by atoms with E-state index in [2.05, 4.69) is 5.32 Å². The average molecular weight is 185 g/mol. The number of Topliss-reactive ketones (excluding diaryl/α,β-unsaturated/α-hetero) is 1. The largest absolute Gasteiger partial charge is 0.385 e. The first kappa shape index (κ1) is 10.7. The van der Waals surface area contributed by atoms with Crippen molar-refractivity contribution in [3.8, 4) is 0 Å². The topological polar surface area (TPSA) is 38.3 Å². The summed E-state index contributed by atoms with van der Waals surface area (Å²) in [4.78, 5) is 11.7. The van der Waals surface area contributed by atoms with Crippen LogP contribution in [0.3, 0.4) is 0 Å². The molecular formula is C10H19NO2. The summed E-state index contributed by atoms with van der Waals surface area (Å²) in [5, 5.41) is 3.22. The van der Waals surface area contributed by atoms with Gasteiger partial charge >= 0.3 is 0 Å². The third-order valence-electron chi connectivity index (χ3n) is 2.64. The summed E-state index contributed by atoms with van der Waals surface area (Å²) in [7, 11) is 1.67. The van der Waals surface area contributed by atoms with Crippen LogP contribution in [0.15, 0.2) is 0 Å². The Labute approximate surface area is 79.8 Å². The van der Waals surface area contributed by atoms with Crippen LogP contribution in [0.4, 0.5) is 0 Å². The molecule has 1 heterocycles. The van der Waals surface area contributed by atoms with Gasteiger partial charge in [0.1, 0.15) is 0 Å². The van der Waals surface area contributed by atoms with Crippen molar-refractivity contribution in [1.29, 1.82) is 0 Å². The summed E-state index contributed by atoms with van der Waals surface area (Å²) in [5.41, 5.74) is 0. The molecule has 76 valence electrons. The highest BCUT2D eigenvalue weighted by atomic mass is 16.5. The van der Waals surface area contributed by atoms with E-state index in [0.717, 1.165) is 25.8 Å². The van der Waals surface area contributed by atoms with Crippen LogP contribution >= 0.6 is 0 Å². The van der Waals surface area contributed by atoms with Crippen molar-refractivity contribution in [2.24, 2.45) is 5.92 Å². The zero-order chi connectivity index (χ0) is 9.68. The number of ether oxygens (including phenoxy) is 1. The van der Waals surface area contributed by atoms with Crippen LogP contribution in [-0.4, -0.2) is 32.1 Å². The van der Waals surface area contributed by atoms with E-state index in [4.69, 9.17) is 4.74 Å². The monoisotopic (exact) mass is 185 g/mol. The number of carbonyl (C=O) groups is 1. The number of hydrogen-bond acceptors (Lipinski definition) is 3. The van der Waals surface area contributed by atoms with Crippen LogP contribution in [0.5, 0.6) is 0 Å². The molecule has 0 aliphatic carbocycles. The Morgan fingerprint density at radius 1 is 1.69 bits per heavy atom. The van der Waals surface area contributed by atoms with E-state index in [0.29, 0.717) is 12.4 Å². The lowest BCUT2D eigenvalue weighted by atomic mass is 9.96. The van der Waals surface area contributed by atoms with Gasteiger partial charge in [-0.2, -0.15) is 0 Å². The summed E-state index contributed by atoms with van der Waals surface area (Å²) in [6.07, 6.45) is 2.98. The number of hydrogen-bond donors (Lipinski definition) is 1. The van der Waals surface area contributed by atoms with Gasteiger partial charge in [0.25, 0.3) is 0 Å². The minimum absolute atomic E-state index is 0.117. The van der Waals surface area contributed by atoms with Crippen molar-refractivity contribution in [3.05, 3.63) is 0 Å². The molecule has 0 bridgehead atoms. The molecule has 0 aromatic heterocycles. The summed E-state index contributed by atoms with van der Waals surface area (Å²) >= 11 is 0. The molecule has 0 aromatic rings. The molecule has 0 radical (unpaired) electrons. The van der Waals surface area contributed by atoms with Crippen LogP contribution in [0.1, 0.15) is 26.2 Å². The van der Waals surface area contributed by atoms with Gasteiger partial charge in [-0.15, -0.1) is 0 Å². The molecule has 1 saturated heterocycles. The van der Waals surface area contributed by atoms with E-state index in [1.165, 1.54) is 0 Å². The summed E-state index contributed by atoms with van der Waals surface area (Å²) < 4.78 is 4.95. The minimum atomic E-state index is 0.117. The van der Waals surface area contributed by atoms with Crippen LogP contribution in [0.25, 0.3) is 0 Å². The highest BCUT2D eigenvalue weighted by molar-refractivity contribution is 5.86. The van der Waals surface area contributed by atoms with Gasteiger partial charge in [0.05, 0.1) is 6.04 Å². The predicted molar refractivity (Wildman–Crippen MR) is 51.7 cm³/mol. The number of methoxy groups -OCH3 is 1. The zero-order valence-electron chi connectivity index (χ0n) is 8.51. The van der Waals surface area contributed by atoms with Gasteiger partial charge in [-0.3, -0.25) is 4.79 Å². The van der Waals surface area contributed by atoms with Gasteiger partial charge in [0, 0.05) is 19.6 Å². The molecule has 1 aliphatic heterocycles. The fourth-order valence-corrected chi connectivity index (χ4v) is 1.71. The molecule has 1 fully saturated rings. The second kappa shape index (κ2) is 5.35. The Hall–Kier alpha value is -0.410. The zero-order valence-corrected chi connectivity index (χ0v) is 8.51. The molecule has 0 aromatic carbocycles. The van der Waals surface area contributed by atoms with Gasteiger partial charge in [-0.05, 0) is 25.8 Å². The number of carbonyl (C=O) groups excluding carboxylic acids is 1. The van der Waals surface area contributed by atoms with E-state index < -0.39 is 0 Å². The molecule has 3 heteroatoms. The quantitative estimate of drug-likeness (QED) is 0.694. The molecule has 2 unspecified atom stereocenters. The van der Waals surface area contributed by atoms with E-state index in [1.54, 1.807) is 7.11 Å². The first-order chi connectivity index (χ1) is 6.25. The smallest absolute Gasteiger partial charge is 0.152 e. The highest BCUT2D eigenvalue weighted by Crippen LogP contribution is 2.13. The number of rotatable bonds is 5. The maximum absolute atomic E-state index is 11.7. The van der Waals surface area contributed by atoms with E-state index in [-0.39, 0.29) is 12.0 Å². The van der Waals surface area contributed by atoms with Gasteiger partial charge in [0.2, 0.25) is 0 Å². The van der Waals surface area contributed by atoms with Gasteiger partial charge in [-0.1, -0.05) is 6.92 Å². The molecule has 1 N–H and O–H groups in total. The Balaban J connectivity index is 2.28. The highest BCUT2D eigenvalue weighted by Gasteiger charge is 2.25. The van der Waals surface area contributed by atoms with Crippen molar-refractivity contribution in [3.63, 3.8) is 0 Å². The Morgan fingerprint density at radius 2 is 2.46 bits per heavy atom. The lowest BCUT2D eigenvalue weighted by Crippen LogP contribution is -2.35. The SMILES string of the molecule is COCCC(C)C(=O)C1CCCN1. The van der Waals surface area contributed by atoms with Crippen LogP contribution < -0.4 is 5.32 Å². The Bertz CT molecular complexity index is 164. The number of nitrogens with one attached hydrogen (secondary N) is 1. The molecule has 1 rings (SSSR count). The molecule has 0 spiro atoms. The van der Waals surface area contributed by atoms with Crippen molar-refractivity contribution >= 4 is 5.78 Å². The van der Waals surface area contributed by atoms with E-state index in [9.17, 15) is 4.79 Å². The van der Waals surface area contributed by atoms with Crippen molar-refractivity contribution in [2.75, 3.05) is 20.3 Å². The van der Waals surface area contributed by atoms with Gasteiger partial charge in [-0.25, -0.2) is 0 Å². The molecule has 0 amide bonds. The molecular weight excluding hydrogens is 166 g/mol. The second-order valence-corrected chi connectivity index (χ2v) is 3.73. The van der Waals surface area contributed by atoms with Crippen LogP contribution in [-0.2, 0) is 9.53 Å². The summed E-state index contributed by atoms with van der Waals surface area (Å²) in [6, 6.07) is 0.117. The van der Waals surface area contributed by atoms with Crippen molar-refractivity contribution in [1.82, 2.24) is 5.32 Å². The summed E-state index contributed by atoms with van der Waals surface area (Å²) in [5.74, 6) is 0.491. The first-order valence-corrected chi connectivity index (χ1v) is 5.01. The predicted octanol–water partition coefficient (Wildman–Crippen LogP) is 0.980. The normalized spacial score (nSPS) is 24.6. The van der Waals surface area contributed by atoms with Crippen molar-refractivity contribution in [2.45, 2.75) is 32.2 Å². The maximum Gasteiger partial charge on any atom is 0.152 e. The van der Waals surface area contributed by atoms with Crippen LogP contribution in [0.2, 0.25) is 0 Å². The minimum Gasteiger partial charge on any atom is -0.385 e. The maximum atomic E-state index is 11.7. The number of ketones is 1. The standard InChI is InChI=1S/C10H19NO2/c1-8(5-7-13-2)10(12)9-4-3-6-11-9/h8-9,11H,3-7H2,1-2H3. The lowest BCUT2D eigenvalue weighted by molar-refractivity contribution is -0.124. The average Bonchev–Trinajstić information content (AvgIpc) is 2.65. The fourth-order valence-electron chi connectivity index (χ4n) is 1.71. The third-order valence-corrected chi connectivity index (χ3v) is 2.64. The Kier molecular flexibility index (Phi) is 4.39. The van der Waals surface area contributed by atoms with Crippen molar-refractivity contribution < 1.29 is 9.53 Å². The molecule has 3 nitrogen and oxygen atoms in total. The molecule has 2 atom stereocenters. The van der Waals surface area contributed by atoms with Crippen LogP contribution in [0, 0.1) is 5.92 Å². The van der Waals surface area contributed by atoms with Gasteiger partial charge < -0.3 is 10.1 Å². The molecule has 1 aliphatic rings.